The molecule has 0 amide bonds. The standard InChI is InChI=1S/C44H33N3/c45-27-29-12-1-2-13-30(29)34-18-11-23-42(47-40-21-9-5-16-33(40)35-25-24-28-26-37(28)44(35)47)43(34)36-17-6-10-22-41(36)46-38-19-7-3-14-31(38)32-15-4-8-20-39(32)46/h1-7,9-12,14-19,21-23,26,28,30H,8,13,20,24-25H2. The summed E-state index contributed by atoms with van der Waals surface area (Å²) in [5.74, 6) is 0.573. The summed E-state index contributed by atoms with van der Waals surface area (Å²) in [4.78, 5) is 0. The summed E-state index contributed by atoms with van der Waals surface area (Å²) in [6, 6.07) is 36.1. The Morgan fingerprint density at radius 1 is 0.745 bits per heavy atom. The Hall–Kier alpha value is -5.59. The van der Waals surface area contributed by atoms with Crippen LogP contribution >= 0.6 is 0 Å². The van der Waals surface area contributed by atoms with Crippen LogP contribution in [0.4, 0.5) is 0 Å². The summed E-state index contributed by atoms with van der Waals surface area (Å²) < 4.78 is 5.08. The first-order valence-electron chi connectivity index (χ1n) is 16.9. The molecule has 6 aromatic rings. The summed E-state index contributed by atoms with van der Waals surface area (Å²) in [5, 5.41) is 13.0. The van der Waals surface area contributed by atoms with Gasteiger partial charge in [0.2, 0.25) is 0 Å². The molecule has 224 valence electrons. The summed E-state index contributed by atoms with van der Waals surface area (Å²) in [6.07, 6.45) is 18.5. The lowest BCUT2D eigenvalue weighted by Gasteiger charge is -2.27. The molecule has 2 atom stereocenters. The molecule has 2 heterocycles. The van der Waals surface area contributed by atoms with Crippen molar-refractivity contribution >= 4 is 33.5 Å². The Morgan fingerprint density at radius 2 is 1.53 bits per heavy atom. The van der Waals surface area contributed by atoms with Gasteiger partial charge in [-0.15, -0.1) is 0 Å². The van der Waals surface area contributed by atoms with Gasteiger partial charge in [0.05, 0.1) is 34.2 Å². The van der Waals surface area contributed by atoms with Crippen LogP contribution < -0.4 is 0 Å². The molecule has 10 rings (SSSR count). The van der Waals surface area contributed by atoms with E-state index in [2.05, 4.69) is 131 Å². The third-order valence-electron chi connectivity index (χ3n) is 10.9. The molecule has 4 aliphatic carbocycles. The molecular weight excluding hydrogens is 571 g/mol. The van der Waals surface area contributed by atoms with Gasteiger partial charge in [-0.3, -0.25) is 0 Å². The topological polar surface area (TPSA) is 33.6 Å². The molecule has 4 aromatic carbocycles. The van der Waals surface area contributed by atoms with Crippen molar-refractivity contribution in [3.05, 3.63) is 155 Å². The van der Waals surface area contributed by atoms with Gasteiger partial charge < -0.3 is 9.13 Å². The highest BCUT2D eigenvalue weighted by Crippen LogP contribution is 2.52. The summed E-state index contributed by atoms with van der Waals surface area (Å²) >= 11 is 0. The van der Waals surface area contributed by atoms with Gasteiger partial charge in [-0.1, -0.05) is 97.1 Å². The Balaban J connectivity index is 1.32. The SMILES string of the molecule is N#CC1=CC=CCC1c1cccc(-n2c3c(c4ccccc42)CCC2C=C32)c1-c1ccccc1-n1c2c(c3ccccc31)C=CCC2. The first kappa shape index (κ1) is 26.6. The van der Waals surface area contributed by atoms with Crippen molar-refractivity contribution in [1.82, 2.24) is 9.13 Å². The summed E-state index contributed by atoms with van der Waals surface area (Å²) in [5.41, 5.74) is 16.4. The lowest BCUT2D eigenvalue weighted by molar-refractivity contribution is 0.756. The number of nitrogens with zero attached hydrogens (tertiary/aromatic N) is 3. The fourth-order valence-electron chi connectivity index (χ4n) is 8.77. The molecule has 0 saturated carbocycles. The predicted molar refractivity (Wildman–Crippen MR) is 193 cm³/mol. The second-order valence-electron chi connectivity index (χ2n) is 13.3. The van der Waals surface area contributed by atoms with Crippen LogP contribution in [-0.2, 0) is 12.8 Å². The highest BCUT2D eigenvalue weighted by atomic mass is 15.0. The van der Waals surface area contributed by atoms with Gasteiger partial charge in [-0.25, -0.2) is 0 Å². The van der Waals surface area contributed by atoms with Crippen molar-refractivity contribution in [2.75, 3.05) is 0 Å². The zero-order valence-electron chi connectivity index (χ0n) is 26.2. The number of aryl methyl sites for hydroxylation is 1. The average molecular weight is 604 g/mol. The van der Waals surface area contributed by atoms with Crippen molar-refractivity contribution in [1.29, 1.82) is 5.26 Å². The van der Waals surface area contributed by atoms with E-state index in [9.17, 15) is 5.26 Å². The molecule has 0 bridgehead atoms. The molecule has 0 saturated heterocycles. The van der Waals surface area contributed by atoms with Crippen LogP contribution in [-0.4, -0.2) is 9.13 Å². The molecule has 0 N–H and O–H groups in total. The van der Waals surface area contributed by atoms with E-state index in [0.717, 1.165) is 31.3 Å². The fourth-order valence-corrected chi connectivity index (χ4v) is 8.77. The number of fused-ring (bicyclic) bond motifs is 8. The molecule has 0 spiro atoms. The van der Waals surface area contributed by atoms with E-state index >= 15 is 0 Å². The van der Waals surface area contributed by atoms with Crippen molar-refractivity contribution in [3.8, 4) is 28.6 Å². The average Bonchev–Trinajstić information content (AvgIpc) is 3.76. The van der Waals surface area contributed by atoms with Crippen molar-refractivity contribution < 1.29 is 0 Å². The zero-order chi connectivity index (χ0) is 31.1. The van der Waals surface area contributed by atoms with E-state index in [4.69, 9.17) is 0 Å². The third-order valence-corrected chi connectivity index (χ3v) is 10.9. The summed E-state index contributed by atoms with van der Waals surface area (Å²) in [7, 11) is 0. The van der Waals surface area contributed by atoms with Gasteiger partial charge in [0.15, 0.2) is 0 Å². The normalized spacial score (nSPS) is 19.1. The Kier molecular flexibility index (Phi) is 5.78. The largest absolute Gasteiger partial charge is 0.312 e. The second kappa shape index (κ2) is 10.2. The number of rotatable bonds is 4. The van der Waals surface area contributed by atoms with Crippen LogP contribution in [0.25, 0.3) is 56.0 Å². The Labute approximate surface area is 274 Å². The first-order chi connectivity index (χ1) is 23.3. The molecule has 3 nitrogen and oxygen atoms in total. The third kappa shape index (κ3) is 3.85. The lowest BCUT2D eigenvalue weighted by Crippen LogP contribution is -2.12. The molecule has 0 aliphatic heterocycles. The number of hydrogen-bond acceptors (Lipinski definition) is 1. The van der Waals surface area contributed by atoms with Crippen LogP contribution in [0.2, 0.25) is 0 Å². The smallest absolute Gasteiger partial charge is 0.0953 e. The van der Waals surface area contributed by atoms with E-state index in [1.54, 1.807) is 0 Å². The van der Waals surface area contributed by atoms with Gasteiger partial charge in [-0.2, -0.15) is 5.26 Å². The number of para-hydroxylation sites is 3. The molecular formula is C44H33N3. The quantitative estimate of drug-likeness (QED) is 0.197. The van der Waals surface area contributed by atoms with Crippen LogP contribution in [0, 0.1) is 17.2 Å². The van der Waals surface area contributed by atoms with Gasteiger partial charge in [0.25, 0.3) is 0 Å². The Bertz CT molecular complexity index is 2470. The van der Waals surface area contributed by atoms with Crippen LogP contribution in [0.5, 0.6) is 0 Å². The van der Waals surface area contributed by atoms with Crippen molar-refractivity contribution in [2.24, 2.45) is 5.92 Å². The van der Waals surface area contributed by atoms with Crippen LogP contribution in [0.1, 0.15) is 53.3 Å². The number of hydrogen-bond donors (Lipinski definition) is 0. The minimum Gasteiger partial charge on any atom is -0.312 e. The van der Waals surface area contributed by atoms with E-state index in [0.29, 0.717) is 5.92 Å². The zero-order valence-corrected chi connectivity index (χ0v) is 26.2. The van der Waals surface area contributed by atoms with Crippen LogP contribution in [0.3, 0.4) is 0 Å². The molecule has 47 heavy (non-hydrogen) atoms. The number of benzene rings is 4. The number of nitriles is 1. The minimum absolute atomic E-state index is 0.0168. The second-order valence-corrected chi connectivity index (χ2v) is 13.3. The predicted octanol–water partition coefficient (Wildman–Crippen LogP) is 10.7. The minimum atomic E-state index is -0.0168. The maximum Gasteiger partial charge on any atom is 0.0953 e. The van der Waals surface area contributed by atoms with Gasteiger partial charge >= 0.3 is 0 Å². The molecule has 2 unspecified atom stereocenters. The maximum atomic E-state index is 10.4. The van der Waals surface area contributed by atoms with E-state index in [1.165, 1.54) is 84.4 Å². The van der Waals surface area contributed by atoms with Crippen molar-refractivity contribution in [2.45, 2.75) is 38.0 Å². The van der Waals surface area contributed by atoms with E-state index in [1.807, 2.05) is 12.2 Å². The molecule has 2 aromatic heterocycles. The Morgan fingerprint density at radius 3 is 2.43 bits per heavy atom. The molecule has 0 radical (unpaired) electrons. The number of allylic oxidation sites excluding steroid dienone is 7. The van der Waals surface area contributed by atoms with Crippen molar-refractivity contribution in [3.63, 3.8) is 0 Å². The molecule has 0 fully saturated rings. The van der Waals surface area contributed by atoms with Crippen LogP contribution in [0.15, 0.2) is 127 Å². The van der Waals surface area contributed by atoms with Gasteiger partial charge in [0, 0.05) is 50.6 Å². The highest BCUT2D eigenvalue weighted by Gasteiger charge is 2.37. The monoisotopic (exact) mass is 603 g/mol. The molecule has 3 heteroatoms. The lowest BCUT2D eigenvalue weighted by atomic mass is 9.81. The van der Waals surface area contributed by atoms with Gasteiger partial charge in [-0.05, 0) is 79.1 Å². The maximum absolute atomic E-state index is 10.4. The van der Waals surface area contributed by atoms with E-state index in [-0.39, 0.29) is 5.92 Å². The summed E-state index contributed by atoms with van der Waals surface area (Å²) in [6.45, 7) is 0. The first-order valence-corrected chi connectivity index (χ1v) is 16.9. The molecule has 4 aliphatic rings. The number of aromatic nitrogens is 2. The van der Waals surface area contributed by atoms with Gasteiger partial charge in [0.1, 0.15) is 0 Å². The van der Waals surface area contributed by atoms with E-state index < -0.39 is 0 Å². The highest BCUT2D eigenvalue weighted by molar-refractivity contribution is 5.99. The fraction of sp³-hybridized carbons (Fsp3) is 0.159.